The molecular formula is C13H18N4O. The van der Waals surface area contributed by atoms with Crippen LogP contribution in [0.5, 0.6) is 0 Å². The van der Waals surface area contributed by atoms with Crippen LogP contribution in [0.15, 0.2) is 0 Å². The molecule has 0 bridgehead atoms. The van der Waals surface area contributed by atoms with E-state index in [1.807, 2.05) is 20.9 Å². The summed E-state index contributed by atoms with van der Waals surface area (Å²) in [6.45, 7) is 4.40. The topological polar surface area (TPSA) is 61.9 Å². The van der Waals surface area contributed by atoms with Crippen LogP contribution in [-0.2, 0) is 7.05 Å². The molecule has 1 aliphatic rings. The molecule has 1 amide bonds. The van der Waals surface area contributed by atoms with Crippen molar-refractivity contribution in [1.29, 1.82) is 5.26 Å². The maximum atomic E-state index is 12.5. The summed E-state index contributed by atoms with van der Waals surface area (Å²) in [6, 6.07) is 1.94. The molecule has 0 spiro atoms. The lowest BCUT2D eigenvalue weighted by molar-refractivity contribution is 0.0669. The molecule has 1 saturated heterocycles. The second kappa shape index (κ2) is 4.81. The number of carbonyl (C=O) groups excluding carboxylic acids is 1. The minimum atomic E-state index is -0.287. The van der Waals surface area contributed by atoms with Crippen molar-refractivity contribution < 1.29 is 4.79 Å². The zero-order chi connectivity index (χ0) is 13.3. The van der Waals surface area contributed by atoms with Crippen molar-refractivity contribution in [2.24, 2.45) is 7.05 Å². The Hall–Kier alpha value is -1.83. The van der Waals surface area contributed by atoms with Gasteiger partial charge >= 0.3 is 0 Å². The molecule has 18 heavy (non-hydrogen) atoms. The Kier molecular flexibility index (Phi) is 3.37. The lowest BCUT2D eigenvalue weighted by Gasteiger charge is -2.31. The van der Waals surface area contributed by atoms with Crippen molar-refractivity contribution in [3.05, 3.63) is 17.0 Å². The Labute approximate surface area is 107 Å². The monoisotopic (exact) mass is 246 g/mol. The molecule has 96 valence electrons. The van der Waals surface area contributed by atoms with E-state index in [1.165, 1.54) is 0 Å². The van der Waals surface area contributed by atoms with Gasteiger partial charge in [0.05, 0.1) is 17.3 Å². The first-order chi connectivity index (χ1) is 8.56. The first kappa shape index (κ1) is 12.6. The zero-order valence-corrected chi connectivity index (χ0v) is 11.1. The third kappa shape index (κ3) is 1.99. The third-order valence-corrected chi connectivity index (χ3v) is 3.64. The van der Waals surface area contributed by atoms with E-state index in [2.05, 4.69) is 11.2 Å². The van der Waals surface area contributed by atoms with E-state index in [-0.39, 0.29) is 11.9 Å². The van der Waals surface area contributed by atoms with Gasteiger partial charge in [-0.2, -0.15) is 10.4 Å². The quantitative estimate of drug-likeness (QED) is 0.755. The van der Waals surface area contributed by atoms with Gasteiger partial charge in [-0.1, -0.05) is 0 Å². The molecule has 1 atom stereocenters. The average molecular weight is 246 g/mol. The van der Waals surface area contributed by atoms with Crippen LogP contribution in [0.25, 0.3) is 0 Å². The summed E-state index contributed by atoms with van der Waals surface area (Å²) in [6.07, 6.45) is 2.77. The highest BCUT2D eigenvalue weighted by molar-refractivity contribution is 5.96. The van der Waals surface area contributed by atoms with Gasteiger partial charge in [-0.15, -0.1) is 0 Å². The van der Waals surface area contributed by atoms with Crippen LogP contribution in [0.2, 0.25) is 0 Å². The highest BCUT2D eigenvalue weighted by Gasteiger charge is 2.30. The minimum Gasteiger partial charge on any atom is -0.322 e. The first-order valence-electron chi connectivity index (χ1n) is 6.27. The number of nitrogens with zero attached hydrogens (tertiary/aromatic N) is 4. The number of amides is 1. The first-order valence-corrected chi connectivity index (χ1v) is 6.27. The molecule has 2 heterocycles. The number of nitriles is 1. The van der Waals surface area contributed by atoms with Gasteiger partial charge in [-0.3, -0.25) is 9.48 Å². The number of hydrogen-bond acceptors (Lipinski definition) is 3. The summed E-state index contributed by atoms with van der Waals surface area (Å²) in [5.41, 5.74) is 2.25. The average Bonchev–Trinajstić information content (AvgIpc) is 2.62. The maximum absolute atomic E-state index is 12.5. The van der Waals surface area contributed by atoms with E-state index < -0.39 is 0 Å². The molecule has 5 heteroatoms. The predicted molar refractivity (Wildman–Crippen MR) is 67.0 cm³/mol. The second-order valence-electron chi connectivity index (χ2n) is 4.81. The molecule has 0 saturated carbocycles. The molecular weight excluding hydrogens is 228 g/mol. The Bertz CT molecular complexity index is 512. The van der Waals surface area contributed by atoms with Crippen molar-refractivity contribution in [3.63, 3.8) is 0 Å². The lowest BCUT2D eigenvalue weighted by atomic mass is 10.0. The van der Waals surface area contributed by atoms with Crippen molar-refractivity contribution >= 4 is 5.91 Å². The summed E-state index contributed by atoms with van der Waals surface area (Å²) in [5, 5.41) is 13.4. The Morgan fingerprint density at radius 3 is 2.72 bits per heavy atom. The van der Waals surface area contributed by atoms with Gasteiger partial charge in [0.2, 0.25) is 0 Å². The van der Waals surface area contributed by atoms with Gasteiger partial charge in [-0.25, -0.2) is 0 Å². The summed E-state index contributed by atoms with van der Waals surface area (Å²) in [4.78, 5) is 14.2. The molecule has 0 radical (unpaired) electrons. The lowest BCUT2D eigenvalue weighted by Crippen LogP contribution is -2.43. The number of hydrogen-bond donors (Lipinski definition) is 0. The summed E-state index contributed by atoms with van der Waals surface area (Å²) < 4.78 is 1.72. The molecule has 0 aliphatic carbocycles. The zero-order valence-electron chi connectivity index (χ0n) is 11.1. The number of piperidine rings is 1. The van der Waals surface area contributed by atoms with Crippen LogP contribution >= 0.6 is 0 Å². The molecule has 2 rings (SSSR count). The fraction of sp³-hybridized carbons (Fsp3) is 0.615. The Balaban J connectivity index is 2.33. The highest BCUT2D eigenvalue weighted by Crippen LogP contribution is 2.22. The molecule has 5 nitrogen and oxygen atoms in total. The minimum absolute atomic E-state index is 0.0515. The van der Waals surface area contributed by atoms with E-state index in [1.54, 1.807) is 9.58 Å². The van der Waals surface area contributed by atoms with Crippen LogP contribution in [0.3, 0.4) is 0 Å². The molecule has 1 aliphatic heterocycles. The number of likely N-dealkylation sites (tertiary alicyclic amines) is 1. The van der Waals surface area contributed by atoms with Crippen molar-refractivity contribution in [3.8, 4) is 6.07 Å². The van der Waals surface area contributed by atoms with Crippen LogP contribution in [0.1, 0.15) is 41.0 Å². The van der Waals surface area contributed by atoms with Gasteiger partial charge in [0, 0.05) is 19.3 Å². The maximum Gasteiger partial charge on any atom is 0.258 e. The fourth-order valence-corrected chi connectivity index (χ4v) is 2.54. The molecule has 1 aromatic rings. The van der Waals surface area contributed by atoms with Crippen molar-refractivity contribution in [2.75, 3.05) is 6.54 Å². The normalized spacial score (nSPS) is 19.7. The summed E-state index contributed by atoms with van der Waals surface area (Å²) >= 11 is 0. The van der Waals surface area contributed by atoms with Gasteiger partial charge in [0.25, 0.3) is 5.91 Å². The van der Waals surface area contributed by atoms with Gasteiger partial charge in [0.15, 0.2) is 0 Å². The molecule has 1 unspecified atom stereocenters. The van der Waals surface area contributed by atoms with Gasteiger partial charge < -0.3 is 4.90 Å². The van der Waals surface area contributed by atoms with E-state index >= 15 is 0 Å². The summed E-state index contributed by atoms with van der Waals surface area (Å²) in [7, 11) is 1.83. The van der Waals surface area contributed by atoms with E-state index in [0.29, 0.717) is 12.1 Å². The van der Waals surface area contributed by atoms with Crippen molar-refractivity contribution in [2.45, 2.75) is 39.2 Å². The molecule has 0 N–H and O–H groups in total. The van der Waals surface area contributed by atoms with Gasteiger partial charge in [0.1, 0.15) is 6.04 Å². The Morgan fingerprint density at radius 2 is 2.17 bits per heavy atom. The van der Waals surface area contributed by atoms with E-state index in [0.717, 1.165) is 30.7 Å². The Morgan fingerprint density at radius 1 is 1.44 bits per heavy atom. The highest BCUT2D eigenvalue weighted by atomic mass is 16.2. The largest absolute Gasteiger partial charge is 0.322 e. The number of carbonyl (C=O) groups is 1. The predicted octanol–water partition coefficient (Wildman–Crippen LogP) is 1.56. The van der Waals surface area contributed by atoms with Crippen LogP contribution in [0, 0.1) is 25.2 Å². The second-order valence-corrected chi connectivity index (χ2v) is 4.81. The smallest absolute Gasteiger partial charge is 0.258 e. The van der Waals surface area contributed by atoms with E-state index in [9.17, 15) is 4.79 Å². The number of aromatic nitrogens is 2. The van der Waals surface area contributed by atoms with E-state index in [4.69, 9.17) is 5.26 Å². The van der Waals surface area contributed by atoms with Crippen LogP contribution < -0.4 is 0 Å². The standard InChI is InChI=1S/C13H18N4O/c1-9-12(10(2)16(3)15-9)13(18)17-7-5-4-6-11(17)8-14/h11H,4-7H2,1-3H3. The fourth-order valence-electron chi connectivity index (χ4n) is 2.54. The number of aryl methyl sites for hydroxylation is 2. The SMILES string of the molecule is Cc1nn(C)c(C)c1C(=O)N1CCCCC1C#N. The van der Waals surface area contributed by atoms with Crippen molar-refractivity contribution in [1.82, 2.24) is 14.7 Å². The molecule has 0 aromatic carbocycles. The van der Waals surface area contributed by atoms with Gasteiger partial charge in [-0.05, 0) is 33.1 Å². The molecule has 1 aromatic heterocycles. The third-order valence-electron chi connectivity index (χ3n) is 3.64. The number of rotatable bonds is 1. The van der Waals surface area contributed by atoms with Crippen LogP contribution in [-0.4, -0.2) is 33.2 Å². The summed E-state index contributed by atoms with van der Waals surface area (Å²) in [5.74, 6) is -0.0515. The van der Waals surface area contributed by atoms with Crippen LogP contribution in [0.4, 0.5) is 0 Å². The molecule has 1 fully saturated rings.